The lowest BCUT2D eigenvalue weighted by molar-refractivity contribution is 0.0749. The number of phenols is 2. The molecule has 1 amide bonds. The molecule has 3 aromatic carbocycles. The summed E-state index contributed by atoms with van der Waals surface area (Å²) in [5, 5.41) is 28.1. The predicted molar refractivity (Wildman–Crippen MR) is 121 cm³/mol. The Morgan fingerprint density at radius 3 is 2.47 bits per heavy atom. The van der Waals surface area contributed by atoms with Gasteiger partial charge in [-0.3, -0.25) is 4.79 Å². The van der Waals surface area contributed by atoms with E-state index < -0.39 is 0 Å². The molecule has 2 heterocycles. The van der Waals surface area contributed by atoms with E-state index >= 15 is 0 Å². The summed E-state index contributed by atoms with van der Waals surface area (Å²) in [6.07, 6.45) is 3.42. The summed E-state index contributed by atoms with van der Waals surface area (Å²) in [7, 11) is 0. The number of nitrogens with zero attached hydrogens (tertiary/aromatic N) is 3. The predicted octanol–water partition coefficient (Wildman–Crippen LogP) is 4.49. The van der Waals surface area contributed by atoms with Crippen molar-refractivity contribution in [3.05, 3.63) is 95.3 Å². The number of hydrogen-bond donors (Lipinski definition) is 3. The summed E-state index contributed by atoms with van der Waals surface area (Å²) in [4.78, 5) is 15.0. The van der Waals surface area contributed by atoms with Crippen LogP contribution in [0.2, 0.25) is 0 Å². The monoisotopic (exact) mass is 426 g/mol. The largest absolute Gasteiger partial charge is 0.508 e. The van der Waals surface area contributed by atoms with Gasteiger partial charge in [-0.05, 0) is 35.7 Å². The number of amides is 1. The average Bonchev–Trinajstić information content (AvgIpc) is 3.40. The van der Waals surface area contributed by atoms with Crippen LogP contribution in [0.1, 0.15) is 27.0 Å². The number of hydrogen-bond acceptors (Lipinski definition) is 5. The molecule has 7 heteroatoms. The summed E-state index contributed by atoms with van der Waals surface area (Å²) >= 11 is 0. The van der Waals surface area contributed by atoms with E-state index in [-0.39, 0.29) is 23.0 Å². The van der Waals surface area contributed by atoms with Gasteiger partial charge in [-0.2, -0.15) is 5.10 Å². The number of nitrogens with one attached hydrogen (secondary N) is 1. The number of anilines is 2. The van der Waals surface area contributed by atoms with Gasteiger partial charge in [-0.25, -0.2) is 4.68 Å². The molecular weight excluding hydrogens is 404 g/mol. The Bertz CT molecular complexity index is 1300. The zero-order chi connectivity index (χ0) is 22.2. The number of benzene rings is 3. The molecule has 4 aromatic rings. The van der Waals surface area contributed by atoms with E-state index in [0.29, 0.717) is 24.5 Å². The maximum absolute atomic E-state index is 13.3. The maximum Gasteiger partial charge on any atom is 0.260 e. The molecular formula is C25H22N4O3. The number of aromatic hydroxyl groups is 2. The molecule has 1 aromatic heterocycles. The van der Waals surface area contributed by atoms with Crippen molar-refractivity contribution in [2.45, 2.75) is 20.0 Å². The second-order valence-corrected chi connectivity index (χ2v) is 7.95. The van der Waals surface area contributed by atoms with Crippen LogP contribution in [0.3, 0.4) is 0 Å². The van der Waals surface area contributed by atoms with Gasteiger partial charge in [0.2, 0.25) is 0 Å². The molecule has 0 atom stereocenters. The first-order chi connectivity index (χ1) is 15.5. The molecule has 0 aliphatic carbocycles. The summed E-state index contributed by atoms with van der Waals surface area (Å²) in [5.41, 5.74) is 5.25. The highest BCUT2D eigenvalue weighted by atomic mass is 16.3. The van der Waals surface area contributed by atoms with E-state index in [0.717, 1.165) is 22.4 Å². The lowest BCUT2D eigenvalue weighted by Gasteiger charge is -2.19. The molecule has 32 heavy (non-hydrogen) atoms. The van der Waals surface area contributed by atoms with Gasteiger partial charge in [0.05, 0.1) is 29.5 Å². The van der Waals surface area contributed by atoms with Crippen LogP contribution in [-0.4, -0.2) is 30.8 Å². The molecule has 160 valence electrons. The molecule has 0 fully saturated rings. The van der Waals surface area contributed by atoms with Gasteiger partial charge in [0.15, 0.2) is 0 Å². The fraction of sp³-hybridized carbons (Fsp3) is 0.120. The normalized spacial score (nSPS) is 12.6. The van der Waals surface area contributed by atoms with Crippen molar-refractivity contribution < 1.29 is 15.0 Å². The van der Waals surface area contributed by atoms with Gasteiger partial charge in [-0.15, -0.1) is 0 Å². The zero-order valence-electron chi connectivity index (χ0n) is 17.5. The van der Waals surface area contributed by atoms with Gasteiger partial charge in [0.1, 0.15) is 17.1 Å². The number of aryl methyl sites for hydroxylation is 1. The van der Waals surface area contributed by atoms with Crippen molar-refractivity contribution in [3.8, 4) is 17.2 Å². The van der Waals surface area contributed by atoms with E-state index in [1.165, 1.54) is 12.1 Å². The first kappa shape index (κ1) is 19.7. The molecule has 1 aliphatic rings. The summed E-state index contributed by atoms with van der Waals surface area (Å²) in [6.45, 7) is 2.95. The van der Waals surface area contributed by atoms with Crippen molar-refractivity contribution in [2.75, 3.05) is 5.32 Å². The first-order valence-electron chi connectivity index (χ1n) is 10.3. The number of phenolic OH excluding ortho intramolecular Hbond substituents is 2. The van der Waals surface area contributed by atoms with E-state index in [9.17, 15) is 15.0 Å². The molecule has 1 aliphatic heterocycles. The second-order valence-electron chi connectivity index (χ2n) is 7.95. The van der Waals surface area contributed by atoms with Crippen molar-refractivity contribution in [2.24, 2.45) is 0 Å². The topological polar surface area (TPSA) is 90.6 Å². The fourth-order valence-corrected chi connectivity index (χ4v) is 4.02. The minimum absolute atomic E-state index is 0.110. The smallest absolute Gasteiger partial charge is 0.260 e. The minimum Gasteiger partial charge on any atom is -0.508 e. The Kier molecular flexibility index (Phi) is 4.78. The maximum atomic E-state index is 13.3. The van der Waals surface area contributed by atoms with E-state index in [1.807, 2.05) is 55.5 Å². The van der Waals surface area contributed by atoms with Crippen molar-refractivity contribution in [1.29, 1.82) is 0 Å². The van der Waals surface area contributed by atoms with Crippen LogP contribution < -0.4 is 5.32 Å². The summed E-state index contributed by atoms with van der Waals surface area (Å²) < 4.78 is 1.72. The Labute approximate surface area is 185 Å². The first-order valence-corrected chi connectivity index (χ1v) is 10.3. The molecule has 3 N–H and O–H groups in total. The number of rotatable bonds is 4. The molecule has 5 rings (SSSR count). The van der Waals surface area contributed by atoms with Crippen molar-refractivity contribution >= 4 is 17.3 Å². The second kappa shape index (κ2) is 7.77. The van der Waals surface area contributed by atoms with E-state index in [2.05, 4.69) is 10.4 Å². The molecule has 0 unspecified atom stereocenters. The fourth-order valence-electron chi connectivity index (χ4n) is 4.02. The number of fused-ring (bicyclic) bond motifs is 1. The average molecular weight is 426 g/mol. The van der Waals surface area contributed by atoms with E-state index in [4.69, 9.17) is 0 Å². The Morgan fingerprint density at radius 2 is 1.75 bits per heavy atom. The molecule has 0 saturated carbocycles. The zero-order valence-corrected chi connectivity index (χ0v) is 17.5. The third-order valence-corrected chi connectivity index (χ3v) is 5.57. The molecule has 0 saturated heterocycles. The van der Waals surface area contributed by atoms with Crippen LogP contribution in [0, 0.1) is 6.92 Å². The molecule has 7 nitrogen and oxygen atoms in total. The lowest BCUT2D eigenvalue weighted by atomic mass is 10.1. The molecule has 0 spiro atoms. The third kappa shape index (κ3) is 3.65. The SMILES string of the molecule is Cc1cccc(-n2cc(Nc3cc(O)cc(O)c3C(=O)N3Cc4ccccc4C3)cn2)c1. The Morgan fingerprint density at radius 1 is 1.00 bits per heavy atom. The minimum atomic E-state index is -0.313. The Balaban J connectivity index is 1.45. The van der Waals surface area contributed by atoms with Gasteiger partial charge < -0.3 is 20.4 Å². The van der Waals surface area contributed by atoms with Gasteiger partial charge in [0, 0.05) is 25.2 Å². The highest BCUT2D eigenvalue weighted by Crippen LogP contribution is 2.36. The highest BCUT2D eigenvalue weighted by Gasteiger charge is 2.28. The van der Waals surface area contributed by atoms with Crippen LogP contribution in [0.5, 0.6) is 11.5 Å². The highest BCUT2D eigenvalue weighted by molar-refractivity contribution is 6.03. The Hall–Kier alpha value is -4.26. The quantitative estimate of drug-likeness (QED) is 0.447. The van der Waals surface area contributed by atoms with Crippen LogP contribution in [0.4, 0.5) is 11.4 Å². The van der Waals surface area contributed by atoms with Gasteiger partial charge in [-0.1, -0.05) is 36.4 Å². The van der Waals surface area contributed by atoms with Crippen molar-refractivity contribution in [1.82, 2.24) is 14.7 Å². The summed E-state index contributed by atoms with van der Waals surface area (Å²) in [5.74, 6) is -0.732. The van der Waals surface area contributed by atoms with Gasteiger partial charge >= 0.3 is 0 Å². The molecule has 0 bridgehead atoms. The molecule has 0 radical (unpaired) electrons. The van der Waals surface area contributed by atoms with Crippen molar-refractivity contribution in [3.63, 3.8) is 0 Å². The standard InChI is InChI=1S/C25H22N4O3/c1-16-5-4-8-20(9-16)29-15-19(12-26-29)27-22-10-21(30)11-23(31)24(22)25(32)28-13-17-6-2-3-7-18(17)14-28/h2-12,15,27,30-31H,13-14H2,1H3. The number of aromatic nitrogens is 2. The number of carbonyl (C=O) groups is 1. The van der Waals surface area contributed by atoms with Crippen LogP contribution in [0.15, 0.2) is 73.1 Å². The van der Waals surface area contributed by atoms with E-state index in [1.54, 1.807) is 22.0 Å². The lowest BCUT2D eigenvalue weighted by Crippen LogP contribution is -2.26. The van der Waals surface area contributed by atoms with Crippen LogP contribution >= 0.6 is 0 Å². The van der Waals surface area contributed by atoms with Gasteiger partial charge in [0.25, 0.3) is 5.91 Å². The van der Waals surface area contributed by atoms with Crippen LogP contribution in [-0.2, 0) is 13.1 Å². The summed E-state index contributed by atoms with van der Waals surface area (Å²) in [6, 6.07) is 18.4. The third-order valence-electron chi connectivity index (χ3n) is 5.57. The number of carbonyl (C=O) groups excluding carboxylic acids is 1. The van der Waals surface area contributed by atoms with Crippen LogP contribution in [0.25, 0.3) is 5.69 Å².